The van der Waals surface area contributed by atoms with Gasteiger partial charge >= 0.3 is 6.98 Å². The van der Waals surface area contributed by atoms with E-state index in [1.807, 2.05) is 48.5 Å². The zero-order valence-electron chi connectivity index (χ0n) is 20.1. The maximum Gasteiger partial charge on any atom is 0.414 e. The highest BCUT2D eigenvalue weighted by molar-refractivity contribution is 9.12. The van der Waals surface area contributed by atoms with E-state index >= 15 is 0 Å². The zero-order valence-corrected chi connectivity index (χ0v) is 23.2. The monoisotopic (exact) mass is 616 g/mol. The lowest BCUT2D eigenvalue weighted by molar-refractivity contribution is 1.11. The number of nitrogens with one attached hydrogen (secondary N) is 1. The van der Waals surface area contributed by atoms with Gasteiger partial charge in [0.25, 0.3) is 0 Å². The highest BCUT2D eigenvalue weighted by Gasteiger charge is 2.39. The van der Waals surface area contributed by atoms with Gasteiger partial charge in [0.2, 0.25) is 0 Å². The summed E-state index contributed by atoms with van der Waals surface area (Å²) in [6.07, 6.45) is 6.52. The van der Waals surface area contributed by atoms with E-state index in [4.69, 9.17) is 0 Å². The molecule has 38 heavy (non-hydrogen) atoms. The van der Waals surface area contributed by atoms with Gasteiger partial charge in [0.15, 0.2) is 0 Å². The fourth-order valence-electron chi connectivity index (χ4n) is 5.21. The number of allylic oxidation sites excluding steroid dienone is 4. The van der Waals surface area contributed by atoms with Crippen LogP contribution in [0.25, 0.3) is 11.1 Å². The minimum absolute atomic E-state index is 0.126. The highest BCUT2D eigenvalue weighted by Crippen LogP contribution is 2.43. The SMILES string of the molecule is N#Cc1ccc(NB2c3c(cccc3C3C=CC(Br)=C3)-c3cc(Br)ccc3N2c2ccc(C#N)cc2)cc1. The molecule has 0 radical (unpaired) electrons. The van der Waals surface area contributed by atoms with E-state index in [2.05, 4.69) is 109 Å². The molecular weight excluding hydrogens is 599 g/mol. The van der Waals surface area contributed by atoms with E-state index in [-0.39, 0.29) is 12.9 Å². The number of hydrogen-bond acceptors (Lipinski definition) is 4. The van der Waals surface area contributed by atoms with Crippen LogP contribution < -0.4 is 15.5 Å². The summed E-state index contributed by atoms with van der Waals surface area (Å²) in [6.45, 7) is -0.253. The number of halogens is 2. The Hall–Kier alpha value is -4.04. The molecule has 0 saturated heterocycles. The Morgan fingerprint density at radius 3 is 2.18 bits per heavy atom. The molecule has 0 aromatic heterocycles. The Labute approximate surface area is 238 Å². The molecule has 1 N–H and O–H groups in total. The Bertz CT molecular complexity index is 1700. The summed E-state index contributed by atoms with van der Waals surface area (Å²) in [7, 11) is 0. The first-order chi connectivity index (χ1) is 18.6. The third-order valence-corrected chi connectivity index (χ3v) is 7.95. The summed E-state index contributed by atoms with van der Waals surface area (Å²) in [5, 5.41) is 22.5. The summed E-state index contributed by atoms with van der Waals surface area (Å²) in [5.41, 5.74) is 8.86. The standard InChI is InChI=1S/C31H19BBr2N4/c33-23-9-8-22(16-23)27-2-1-3-28-29-17-24(34)10-15-30(29)38(26-13-6-21(19-36)7-14-26)32(31(27)28)37-25-11-4-20(18-35)5-12-25/h1-17,22,37H. The van der Waals surface area contributed by atoms with E-state index in [1.165, 1.54) is 16.6 Å². The minimum Gasteiger partial charge on any atom is -0.405 e. The summed E-state index contributed by atoms with van der Waals surface area (Å²) < 4.78 is 2.08. The van der Waals surface area contributed by atoms with Crippen LogP contribution in [0, 0.1) is 22.7 Å². The molecule has 4 aromatic rings. The van der Waals surface area contributed by atoms with Crippen molar-refractivity contribution in [2.45, 2.75) is 5.92 Å². The van der Waals surface area contributed by atoms with Crippen LogP contribution in [0.2, 0.25) is 0 Å². The molecule has 0 spiro atoms. The molecule has 4 aromatic carbocycles. The van der Waals surface area contributed by atoms with Gasteiger partial charge in [-0.15, -0.1) is 0 Å². The predicted molar refractivity (Wildman–Crippen MR) is 162 cm³/mol. The van der Waals surface area contributed by atoms with Crippen molar-refractivity contribution in [3.05, 3.63) is 129 Å². The molecule has 1 atom stereocenters. The zero-order chi connectivity index (χ0) is 26.2. The van der Waals surface area contributed by atoms with Gasteiger partial charge in [-0.25, -0.2) is 0 Å². The second-order valence-electron chi connectivity index (χ2n) is 9.17. The van der Waals surface area contributed by atoms with Crippen molar-refractivity contribution in [2.75, 3.05) is 10.0 Å². The Morgan fingerprint density at radius 1 is 0.816 bits per heavy atom. The van der Waals surface area contributed by atoms with Crippen molar-refractivity contribution in [2.24, 2.45) is 0 Å². The summed E-state index contributed by atoms with van der Waals surface area (Å²) in [6, 6.07) is 32.5. The lowest BCUT2D eigenvalue weighted by atomic mass is 9.57. The van der Waals surface area contributed by atoms with E-state index in [0.717, 1.165) is 31.6 Å². The molecule has 6 rings (SSSR count). The van der Waals surface area contributed by atoms with Crippen LogP contribution in [0.4, 0.5) is 17.1 Å². The molecular formula is C31H19BBr2N4. The fourth-order valence-corrected chi connectivity index (χ4v) is 6.01. The maximum atomic E-state index is 9.41. The molecule has 2 aliphatic rings. The quantitative estimate of drug-likeness (QED) is 0.238. The molecule has 4 nitrogen and oxygen atoms in total. The van der Waals surface area contributed by atoms with Crippen molar-refractivity contribution in [3.63, 3.8) is 0 Å². The molecule has 1 aliphatic heterocycles. The molecule has 1 aliphatic carbocycles. The van der Waals surface area contributed by atoms with Crippen molar-refractivity contribution >= 4 is 61.4 Å². The average molecular weight is 618 g/mol. The topological polar surface area (TPSA) is 62.9 Å². The van der Waals surface area contributed by atoms with Gasteiger partial charge in [-0.05, 0) is 83.3 Å². The molecule has 0 amide bonds. The molecule has 180 valence electrons. The molecule has 0 bridgehead atoms. The van der Waals surface area contributed by atoms with Crippen LogP contribution >= 0.6 is 31.9 Å². The van der Waals surface area contributed by atoms with Crippen LogP contribution in [0.5, 0.6) is 0 Å². The summed E-state index contributed by atoms with van der Waals surface area (Å²) in [4.78, 5) is 2.30. The highest BCUT2D eigenvalue weighted by atomic mass is 79.9. The third kappa shape index (κ3) is 4.35. The largest absolute Gasteiger partial charge is 0.414 e. The van der Waals surface area contributed by atoms with Crippen LogP contribution in [0.1, 0.15) is 22.6 Å². The van der Waals surface area contributed by atoms with E-state index in [9.17, 15) is 10.5 Å². The first-order valence-corrected chi connectivity index (χ1v) is 13.7. The summed E-state index contributed by atoms with van der Waals surface area (Å²) in [5.74, 6) is 0.126. The molecule has 0 saturated carbocycles. The van der Waals surface area contributed by atoms with Gasteiger partial charge in [0.05, 0.1) is 23.3 Å². The fraction of sp³-hybridized carbons (Fsp3) is 0.0323. The van der Waals surface area contributed by atoms with Crippen LogP contribution in [-0.2, 0) is 0 Å². The van der Waals surface area contributed by atoms with Gasteiger partial charge in [-0.1, -0.05) is 68.3 Å². The van der Waals surface area contributed by atoms with Gasteiger partial charge in [-0.2, -0.15) is 10.5 Å². The number of hydrogen-bond donors (Lipinski definition) is 1. The number of nitrogens with zero attached hydrogens (tertiary/aromatic N) is 3. The maximum absolute atomic E-state index is 9.41. The van der Waals surface area contributed by atoms with Gasteiger partial charge in [0, 0.05) is 37.5 Å². The molecule has 7 heteroatoms. The number of anilines is 3. The van der Waals surface area contributed by atoms with Crippen LogP contribution in [0.15, 0.2) is 112 Å². The smallest absolute Gasteiger partial charge is 0.405 e. The van der Waals surface area contributed by atoms with Crippen LogP contribution in [-0.4, -0.2) is 6.98 Å². The molecule has 1 unspecified atom stereocenters. The first-order valence-electron chi connectivity index (χ1n) is 12.1. The lowest BCUT2D eigenvalue weighted by Crippen LogP contribution is -2.56. The molecule has 0 fully saturated rings. The van der Waals surface area contributed by atoms with E-state index in [1.54, 1.807) is 0 Å². The Morgan fingerprint density at radius 2 is 1.53 bits per heavy atom. The van der Waals surface area contributed by atoms with Crippen molar-refractivity contribution in [1.29, 1.82) is 10.5 Å². The lowest BCUT2D eigenvalue weighted by Gasteiger charge is -2.40. The number of nitriles is 2. The number of rotatable bonds is 4. The van der Waals surface area contributed by atoms with E-state index < -0.39 is 0 Å². The number of benzene rings is 4. The minimum atomic E-state index is -0.253. The summed E-state index contributed by atoms with van der Waals surface area (Å²) >= 11 is 7.33. The van der Waals surface area contributed by atoms with Crippen LogP contribution in [0.3, 0.4) is 0 Å². The Kier molecular flexibility index (Phi) is 6.41. The van der Waals surface area contributed by atoms with Gasteiger partial charge in [-0.3, -0.25) is 0 Å². The van der Waals surface area contributed by atoms with Crippen molar-refractivity contribution < 1.29 is 0 Å². The molecule has 1 heterocycles. The Balaban J connectivity index is 1.61. The second kappa shape index (κ2) is 10.0. The second-order valence-corrected chi connectivity index (χ2v) is 11.0. The van der Waals surface area contributed by atoms with Gasteiger partial charge < -0.3 is 10.0 Å². The number of fused-ring (bicyclic) bond motifs is 3. The van der Waals surface area contributed by atoms with Gasteiger partial charge in [0.1, 0.15) is 0 Å². The van der Waals surface area contributed by atoms with Crippen molar-refractivity contribution in [3.8, 4) is 23.3 Å². The normalized spacial score (nSPS) is 15.3. The predicted octanol–water partition coefficient (Wildman–Crippen LogP) is 7.75. The first kappa shape index (κ1) is 24.3. The third-order valence-electron chi connectivity index (χ3n) is 6.93. The van der Waals surface area contributed by atoms with E-state index in [0.29, 0.717) is 11.1 Å². The average Bonchev–Trinajstić information content (AvgIpc) is 3.39. The van der Waals surface area contributed by atoms with Crippen molar-refractivity contribution in [1.82, 2.24) is 0 Å².